The number of halogens is 1. The first-order chi connectivity index (χ1) is 24.1. The van der Waals surface area contributed by atoms with Crippen molar-refractivity contribution < 1.29 is 33.8 Å². The fourth-order valence-corrected chi connectivity index (χ4v) is 8.63. The zero-order valence-corrected chi connectivity index (χ0v) is 30.4. The number of cyclic esters (lactones) is 1. The Labute approximate surface area is 301 Å². The summed E-state index contributed by atoms with van der Waals surface area (Å²) in [4.78, 5) is 62.2. The minimum atomic E-state index is -1.50. The smallest absolute Gasteiger partial charge is 0.313 e. The van der Waals surface area contributed by atoms with Gasteiger partial charge in [-0.05, 0) is 70.0 Å². The summed E-state index contributed by atoms with van der Waals surface area (Å²) in [6, 6.07) is 14.3. The monoisotopic (exact) mass is 748 g/mol. The number of hydrogen-bond acceptors (Lipinski definition) is 8. The molecule has 2 aromatic carbocycles. The van der Waals surface area contributed by atoms with Crippen LogP contribution in [0.1, 0.15) is 52.2 Å². The number of aliphatic hydroxyl groups is 1. The largest absolute Gasteiger partial charge is 0.455 e. The molecule has 0 aliphatic carbocycles. The standard InChI is InChI=1S/C38H45BrN4O7/c1-5-41(6-2)26-16-18-27(19-17-26)42-20-12-8-11-15-29(45)40-24(4)32(25-13-9-7-10-14-25)49-37(48)30-31-35(46)43(23(3)22-44)34(36(42)47)38(31)21-28(39)33(30)50-38/h7-10,12-14,16-19,21,23-24,30-34,44H,5-6,11,15,20,22H2,1-4H3,(H,40,45)/b12-8-/t23-,24-,30+,31-,32+,33+,34+,38-/m1/s1. The fourth-order valence-electron chi connectivity index (χ4n) is 7.89. The molecule has 4 aliphatic rings. The van der Waals surface area contributed by atoms with Crippen molar-refractivity contribution in [2.75, 3.05) is 36.0 Å². The van der Waals surface area contributed by atoms with E-state index in [1.54, 1.807) is 24.8 Å². The van der Waals surface area contributed by atoms with Gasteiger partial charge < -0.3 is 34.6 Å². The van der Waals surface area contributed by atoms with Crippen LogP contribution < -0.4 is 15.1 Å². The number of hydrogen-bond donors (Lipinski definition) is 2. The number of likely N-dealkylation sites (tertiary alicyclic amines) is 1. The molecule has 2 fully saturated rings. The van der Waals surface area contributed by atoms with Crippen LogP contribution in [-0.2, 0) is 28.7 Å². The number of nitrogens with zero attached hydrogens (tertiary/aromatic N) is 3. The highest BCUT2D eigenvalue weighted by Gasteiger charge is 2.75. The Hall–Kier alpha value is -4.00. The van der Waals surface area contributed by atoms with E-state index in [1.165, 1.54) is 4.90 Å². The summed E-state index contributed by atoms with van der Waals surface area (Å²) >= 11 is 3.60. The van der Waals surface area contributed by atoms with Crippen molar-refractivity contribution >= 4 is 51.0 Å². The molecule has 0 aromatic heterocycles. The van der Waals surface area contributed by atoms with E-state index < -0.39 is 72.2 Å². The zero-order valence-electron chi connectivity index (χ0n) is 28.8. The molecular formula is C38H45BrN4O7. The molecule has 5 bridgehead atoms. The number of amides is 3. The molecule has 0 radical (unpaired) electrons. The summed E-state index contributed by atoms with van der Waals surface area (Å²) in [5, 5.41) is 13.4. The van der Waals surface area contributed by atoms with Crippen LogP contribution in [0.3, 0.4) is 0 Å². The number of fused-ring (bicyclic) bond motifs is 2. The summed E-state index contributed by atoms with van der Waals surface area (Å²) in [6.07, 6.45) is 4.36. The van der Waals surface area contributed by atoms with Crippen LogP contribution in [0.2, 0.25) is 0 Å². The first-order valence-electron chi connectivity index (χ1n) is 17.4. The van der Waals surface area contributed by atoms with Crippen LogP contribution in [0.15, 0.2) is 77.3 Å². The SMILES string of the molecule is CCN(CC)c1ccc(N2C/C=C\CCC(=O)N[C@H](C)[C@@H](c3ccccc3)OC(=O)[C@@H]3[C@H]4O[C@@]5(C=C4Br)[C@H](C2=O)N([C@H](C)CO)C(=O)[C@@H]35)cc1. The molecule has 1 spiro atoms. The van der Waals surface area contributed by atoms with Gasteiger partial charge in [0.15, 0.2) is 0 Å². The van der Waals surface area contributed by atoms with Crippen LogP contribution in [0, 0.1) is 11.8 Å². The second kappa shape index (κ2) is 14.7. The third kappa shape index (κ3) is 6.26. The lowest BCUT2D eigenvalue weighted by Crippen LogP contribution is -2.58. The summed E-state index contributed by atoms with van der Waals surface area (Å²) in [6.45, 7) is 9.03. The molecule has 4 aliphatic heterocycles. The number of rotatable bonds is 7. The van der Waals surface area contributed by atoms with Gasteiger partial charge in [-0.3, -0.25) is 19.2 Å². The number of nitrogens with one attached hydrogen (secondary N) is 1. The van der Waals surface area contributed by atoms with Gasteiger partial charge in [-0.1, -0.05) is 58.4 Å². The van der Waals surface area contributed by atoms with E-state index >= 15 is 4.79 Å². The number of allylic oxidation sites excluding steroid dienone is 1. The van der Waals surface area contributed by atoms with Crippen molar-refractivity contribution in [3.63, 3.8) is 0 Å². The van der Waals surface area contributed by atoms with Gasteiger partial charge in [0.2, 0.25) is 11.8 Å². The lowest BCUT2D eigenvalue weighted by molar-refractivity contribution is -0.161. The average molecular weight is 750 g/mol. The first kappa shape index (κ1) is 35.8. The van der Waals surface area contributed by atoms with Crippen molar-refractivity contribution in [1.29, 1.82) is 0 Å². The number of aliphatic hydroxyl groups excluding tert-OH is 1. The van der Waals surface area contributed by atoms with E-state index in [4.69, 9.17) is 9.47 Å². The van der Waals surface area contributed by atoms with E-state index in [0.29, 0.717) is 22.2 Å². The Morgan fingerprint density at radius 2 is 1.70 bits per heavy atom. The molecule has 2 saturated heterocycles. The predicted octanol–water partition coefficient (Wildman–Crippen LogP) is 4.26. The second-order valence-electron chi connectivity index (χ2n) is 13.4. The lowest BCUT2D eigenvalue weighted by atomic mass is 9.74. The lowest BCUT2D eigenvalue weighted by Gasteiger charge is -2.37. The molecule has 2 aromatic rings. The Morgan fingerprint density at radius 1 is 1.00 bits per heavy atom. The summed E-state index contributed by atoms with van der Waals surface area (Å²) in [5.41, 5.74) is 0.812. The molecule has 0 unspecified atom stereocenters. The van der Waals surface area contributed by atoms with Gasteiger partial charge >= 0.3 is 5.97 Å². The van der Waals surface area contributed by atoms with Gasteiger partial charge in [0, 0.05) is 41.9 Å². The molecule has 12 heteroatoms. The van der Waals surface area contributed by atoms with Gasteiger partial charge in [0.1, 0.15) is 29.8 Å². The highest BCUT2D eigenvalue weighted by atomic mass is 79.9. The maximum absolute atomic E-state index is 15.1. The van der Waals surface area contributed by atoms with E-state index in [1.807, 2.05) is 66.7 Å². The molecule has 4 heterocycles. The average Bonchev–Trinajstić information content (AvgIpc) is 3.72. The predicted molar refractivity (Wildman–Crippen MR) is 192 cm³/mol. The molecule has 0 saturated carbocycles. The number of esters is 1. The third-order valence-corrected chi connectivity index (χ3v) is 11.1. The molecule has 6 rings (SSSR count). The van der Waals surface area contributed by atoms with Gasteiger partial charge in [-0.25, -0.2) is 0 Å². The summed E-state index contributed by atoms with van der Waals surface area (Å²) < 4.78 is 13.4. The number of benzene rings is 2. The number of carbonyl (C=O) groups is 4. The Morgan fingerprint density at radius 3 is 2.36 bits per heavy atom. The number of ether oxygens (including phenoxy) is 2. The van der Waals surface area contributed by atoms with Crippen LogP contribution in [0.4, 0.5) is 11.4 Å². The van der Waals surface area contributed by atoms with E-state index in [-0.39, 0.29) is 18.9 Å². The van der Waals surface area contributed by atoms with Crippen molar-refractivity contribution in [3.8, 4) is 0 Å². The maximum Gasteiger partial charge on any atom is 0.313 e. The van der Waals surface area contributed by atoms with E-state index in [9.17, 15) is 19.5 Å². The molecule has 11 nitrogen and oxygen atoms in total. The fraction of sp³-hybridized carbons (Fsp3) is 0.474. The Kier molecular flexibility index (Phi) is 10.5. The molecule has 50 heavy (non-hydrogen) atoms. The van der Waals surface area contributed by atoms with Gasteiger partial charge in [0.05, 0.1) is 24.6 Å². The van der Waals surface area contributed by atoms with E-state index in [2.05, 4.69) is 40.0 Å². The quantitative estimate of drug-likeness (QED) is 0.318. The summed E-state index contributed by atoms with van der Waals surface area (Å²) in [5.74, 6) is -3.92. The zero-order chi connectivity index (χ0) is 35.7. The van der Waals surface area contributed by atoms with Crippen molar-refractivity contribution in [2.24, 2.45) is 11.8 Å². The van der Waals surface area contributed by atoms with Crippen LogP contribution in [0.5, 0.6) is 0 Å². The Bertz CT molecular complexity index is 1660. The molecule has 8 atom stereocenters. The molecule has 2 N–H and O–H groups in total. The van der Waals surface area contributed by atoms with E-state index in [0.717, 1.165) is 18.8 Å². The Balaban J connectivity index is 1.46. The van der Waals surface area contributed by atoms with Crippen molar-refractivity contribution in [2.45, 2.75) is 76.5 Å². The number of anilines is 2. The molecule has 3 amide bonds. The highest BCUT2D eigenvalue weighted by Crippen LogP contribution is 2.59. The first-order valence-corrected chi connectivity index (χ1v) is 18.2. The van der Waals surface area contributed by atoms with Crippen LogP contribution >= 0.6 is 15.9 Å². The minimum Gasteiger partial charge on any atom is -0.455 e. The van der Waals surface area contributed by atoms with Crippen molar-refractivity contribution in [1.82, 2.24) is 10.2 Å². The maximum atomic E-state index is 15.1. The summed E-state index contributed by atoms with van der Waals surface area (Å²) in [7, 11) is 0. The third-order valence-electron chi connectivity index (χ3n) is 10.4. The van der Waals surface area contributed by atoms with Gasteiger partial charge in [0.25, 0.3) is 5.91 Å². The van der Waals surface area contributed by atoms with Gasteiger partial charge in [-0.15, -0.1) is 0 Å². The second-order valence-corrected chi connectivity index (χ2v) is 14.3. The van der Waals surface area contributed by atoms with Gasteiger partial charge in [-0.2, -0.15) is 0 Å². The van der Waals surface area contributed by atoms with Crippen molar-refractivity contribution in [3.05, 3.63) is 82.9 Å². The minimum absolute atomic E-state index is 0.157. The van der Waals surface area contributed by atoms with Crippen LogP contribution in [0.25, 0.3) is 0 Å². The van der Waals surface area contributed by atoms with Crippen LogP contribution in [-0.4, -0.2) is 89.8 Å². The molecular weight excluding hydrogens is 704 g/mol. The number of carbonyl (C=O) groups excluding carboxylic acids is 4. The normalized spacial score (nSPS) is 31.2. The highest BCUT2D eigenvalue weighted by molar-refractivity contribution is 9.11. The topological polar surface area (TPSA) is 129 Å². The molecule has 266 valence electrons.